The highest BCUT2D eigenvalue weighted by atomic mass is 16.1. The van der Waals surface area contributed by atoms with Crippen LogP contribution in [-0.4, -0.2) is 47.0 Å². The number of aryl methyl sites for hydroxylation is 1. The van der Waals surface area contributed by atoms with E-state index in [1.165, 1.54) is 16.5 Å². The van der Waals surface area contributed by atoms with Gasteiger partial charge in [-0.05, 0) is 56.3 Å². The molecule has 1 fully saturated rings. The predicted molar refractivity (Wildman–Crippen MR) is 111 cm³/mol. The lowest BCUT2D eigenvalue weighted by molar-refractivity contribution is -0.109. The van der Waals surface area contributed by atoms with E-state index in [1.807, 2.05) is 11.7 Å². The molecule has 2 heterocycles. The van der Waals surface area contributed by atoms with Crippen LogP contribution in [-0.2, 0) is 16.6 Å². The fraction of sp³-hybridized carbons (Fsp3) is 0.500. The van der Waals surface area contributed by atoms with Gasteiger partial charge in [-0.15, -0.1) is 0 Å². The van der Waals surface area contributed by atoms with Crippen molar-refractivity contribution in [1.82, 2.24) is 20.0 Å². The average molecular weight is 383 g/mol. The Labute approximate surface area is 166 Å². The first-order valence-electron chi connectivity index (χ1n) is 10.0. The van der Waals surface area contributed by atoms with Gasteiger partial charge in [-0.25, -0.2) is 0 Å². The van der Waals surface area contributed by atoms with E-state index >= 15 is 0 Å². The summed E-state index contributed by atoms with van der Waals surface area (Å²) >= 11 is 0. The monoisotopic (exact) mass is 382 g/mol. The Balaban J connectivity index is 1.73. The maximum atomic E-state index is 10.7. The summed E-state index contributed by atoms with van der Waals surface area (Å²) in [6, 6.07) is 6.73. The molecule has 1 atom stereocenters. The molecule has 0 saturated carbocycles. The van der Waals surface area contributed by atoms with Gasteiger partial charge < -0.3 is 10.1 Å². The Morgan fingerprint density at radius 1 is 1.36 bits per heavy atom. The van der Waals surface area contributed by atoms with Crippen molar-refractivity contribution >= 4 is 23.6 Å². The average Bonchev–Trinajstić information content (AvgIpc) is 3.03. The lowest BCUT2D eigenvalue weighted by atomic mass is 9.88. The minimum absolute atomic E-state index is 0.284. The summed E-state index contributed by atoms with van der Waals surface area (Å²) < 4.78 is 1.98. The first kappa shape index (κ1) is 20.3. The number of aldehydes is 1. The molecule has 2 aromatic rings. The van der Waals surface area contributed by atoms with Crippen molar-refractivity contribution < 1.29 is 9.59 Å². The number of piperidine rings is 1. The van der Waals surface area contributed by atoms with Gasteiger partial charge in [-0.3, -0.25) is 14.4 Å². The summed E-state index contributed by atoms with van der Waals surface area (Å²) in [7, 11) is 2.00. The van der Waals surface area contributed by atoms with Crippen molar-refractivity contribution in [2.75, 3.05) is 19.6 Å². The topological polar surface area (TPSA) is 67.2 Å². The molecule has 1 aromatic carbocycles. The fourth-order valence-corrected chi connectivity index (χ4v) is 4.16. The van der Waals surface area contributed by atoms with Crippen molar-refractivity contribution in [3.8, 4) is 0 Å². The van der Waals surface area contributed by atoms with Gasteiger partial charge in [-0.2, -0.15) is 5.10 Å². The standard InChI is InChI=1S/C22H30N4O2/c1-16(4-5-17(2)23-15-28)22-20-7-6-19(14-21(20)25(3)24-22)18-8-10-26(11-9-18)12-13-27/h6-7,13-16,18H,2,4-5,8-12H2,1,3H3,(H,23,28). The number of hydrogen-bond donors (Lipinski definition) is 1. The molecule has 3 rings (SSSR count). The maximum absolute atomic E-state index is 10.7. The van der Waals surface area contributed by atoms with Gasteiger partial charge in [-0.1, -0.05) is 25.6 Å². The molecule has 1 aromatic heterocycles. The zero-order chi connectivity index (χ0) is 20.1. The van der Waals surface area contributed by atoms with Crippen LogP contribution in [0, 0.1) is 0 Å². The van der Waals surface area contributed by atoms with Crippen molar-refractivity contribution in [1.29, 1.82) is 0 Å². The van der Waals surface area contributed by atoms with Crippen LogP contribution in [0.15, 0.2) is 30.5 Å². The quantitative estimate of drug-likeness (QED) is 0.677. The lowest BCUT2D eigenvalue weighted by Crippen LogP contribution is -2.34. The van der Waals surface area contributed by atoms with E-state index in [0.717, 1.165) is 56.4 Å². The third-order valence-corrected chi connectivity index (χ3v) is 5.90. The second-order valence-electron chi connectivity index (χ2n) is 7.83. The molecular formula is C22H30N4O2. The number of benzene rings is 1. The zero-order valence-electron chi connectivity index (χ0n) is 16.9. The van der Waals surface area contributed by atoms with Gasteiger partial charge in [0.2, 0.25) is 6.41 Å². The Hall–Kier alpha value is -2.47. The van der Waals surface area contributed by atoms with Crippen LogP contribution in [0.4, 0.5) is 0 Å². The van der Waals surface area contributed by atoms with Crippen LogP contribution < -0.4 is 5.32 Å². The summed E-state index contributed by atoms with van der Waals surface area (Å²) in [4.78, 5) is 23.4. The van der Waals surface area contributed by atoms with Crippen molar-refractivity contribution in [3.63, 3.8) is 0 Å². The number of likely N-dealkylation sites (tertiary alicyclic amines) is 1. The number of allylic oxidation sites excluding steroid dienone is 1. The van der Waals surface area contributed by atoms with E-state index in [2.05, 4.69) is 41.9 Å². The molecule has 1 unspecified atom stereocenters. The number of rotatable bonds is 9. The molecule has 0 aliphatic carbocycles. The van der Waals surface area contributed by atoms with E-state index in [4.69, 9.17) is 5.10 Å². The molecule has 0 spiro atoms. The van der Waals surface area contributed by atoms with Crippen molar-refractivity contribution in [3.05, 3.63) is 41.7 Å². The van der Waals surface area contributed by atoms with E-state index in [1.54, 1.807) is 0 Å². The maximum Gasteiger partial charge on any atom is 0.211 e. The fourth-order valence-electron chi connectivity index (χ4n) is 4.16. The van der Waals surface area contributed by atoms with E-state index < -0.39 is 0 Å². The number of fused-ring (bicyclic) bond motifs is 1. The SMILES string of the molecule is C=C(CCC(C)c1nn(C)c2cc(C3CCN(CC=O)CC3)ccc12)NC=O. The molecule has 1 saturated heterocycles. The van der Waals surface area contributed by atoms with Gasteiger partial charge >= 0.3 is 0 Å². The molecule has 0 radical (unpaired) electrons. The summed E-state index contributed by atoms with van der Waals surface area (Å²) in [6.45, 7) is 8.55. The van der Waals surface area contributed by atoms with Crippen LogP contribution in [0.5, 0.6) is 0 Å². The van der Waals surface area contributed by atoms with E-state index in [-0.39, 0.29) is 5.92 Å². The van der Waals surface area contributed by atoms with E-state index in [9.17, 15) is 9.59 Å². The summed E-state index contributed by atoms with van der Waals surface area (Å²) in [5, 5.41) is 8.61. The first-order valence-corrected chi connectivity index (χ1v) is 10.0. The summed E-state index contributed by atoms with van der Waals surface area (Å²) in [6.07, 6.45) is 5.49. The van der Waals surface area contributed by atoms with Crippen molar-refractivity contribution in [2.24, 2.45) is 7.05 Å². The van der Waals surface area contributed by atoms with Crippen molar-refractivity contribution in [2.45, 2.75) is 44.4 Å². The van der Waals surface area contributed by atoms with E-state index in [0.29, 0.717) is 18.9 Å². The molecule has 1 N–H and O–H groups in total. The Bertz CT molecular complexity index is 850. The number of carbonyl (C=O) groups excluding carboxylic acids is 2. The van der Waals surface area contributed by atoms with Gasteiger partial charge in [0.1, 0.15) is 6.29 Å². The number of amides is 1. The molecule has 6 nitrogen and oxygen atoms in total. The van der Waals surface area contributed by atoms with Crippen LogP contribution in [0.3, 0.4) is 0 Å². The molecule has 1 amide bonds. The second kappa shape index (κ2) is 9.15. The number of hydrogen-bond acceptors (Lipinski definition) is 4. The van der Waals surface area contributed by atoms with Gasteiger partial charge in [0.25, 0.3) is 0 Å². The number of aromatic nitrogens is 2. The molecule has 28 heavy (non-hydrogen) atoms. The lowest BCUT2D eigenvalue weighted by Gasteiger charge is -2.30. The second-order valence-corrected chi connectivity index (χ2v) is 7.83. The van der Waals surface area contributed by atoms with Crippen LogP contribution in [0.1, 0.15) is 55.7 Å². The highest BCUT2D eigenvalue weighted by molar-refractivity contribution is 5.83. The predicted octanol–water partition coefficient (Wildman–Crippen LogP) is 3.10. The highest BCUT2D eigenvalue weighted by Crippen LogP contribution is 2.33. The van der Waals surface area contributed by atoms with Crippen LogP contribution in [0.2, 0.25) is 0 Å². The zero-order valence-corrected chi connectivity index (χ0v) is 16.9. The molecule has 0 bridgehead atoms. The Morgan fingerprint density at radius 2 is 2.11 bits per heavy atom. The minimum Gasteiger partial charge on any atom is -0.333 e. The normalized spacial score (nSPS) is 16.8. The number of nitrogens with zero attached hydrogens (tertiary/aromatic N) is 3. The summed E-state index contributed by atoms with van der Waals surface area (Å²) in [5.74, 6) is 0.826. The van der Waals surface area contributed by atoms with Crippen LogP contribution in [0.25, 0.3) is 10.9 Å². The molecule has 1 aliphatic rings. The number of nitrogens with one attached hydrogen (secondary N) is 1. The van der Waals surface area contributed by atoms with Gasteiger partial charge in [0.15, 0.2) is 0 Å². The smallest absolute Gasteiger partial charge is 0.211 e. The third-order valence-electron chi connectivity index (χ3n) is 5.90. The molecule has 1 aliphatic heterocycles. The highest BCUT2D eigenvalue weighted by Gasteiger charge is 2.22. The third kappa shape index (κ3) is 4.50. The minimum atomic E-state index is 0.284. The largest absolute Gasteiger partial charge is 0.333 e. The molecule has 6 heteroatoms. The van der Waals surface area contributed by atoms with Crippen LogP contribution >= 0.6 is 0 Å². The Morgan fingerprint density at radius 3 is 2.79 bits per heavy atom. The molecular weight excluding hydrogens is 352 g/mol. The first-order chi connectivity index (χ1) is 13.5. The molecule has 150 valence electrons. The van der Waals surface area contributed by atoms with Gasteiger partial charge in [0, 0.05) is 24.0 Å². The summed E-state index contributed by atoms with van der Waals surface area (Å²) in [5.41, 5.74) is 4.37. The number of carbonyl (C=O) groups is 2. The van der Waals surface area contributed by atoms with Gasteiger partial charge in [0.05, 0.1) is 17.8 Å². The Kier molecular flexibility index (Phi) is 6.62.